The fourth-order valence-electron chi connectivity index (χ4n) is 4.88. The molecule has 3 aliphatic heterocycles. The number of aromatic nitrogens is 2. The number of hydrogen-bond donors (Lipinski definition) is 1. The van der Waals surface area contributed by atoms with Gasteiger partial charge >= 0.3 is 0 Å². The Kier molecular flexibility index (Phi) is 5.70. The second-order valence-corrected chi connectivity index (χ2v) is 8.18. The van der Waals surface area contributed by atoms with Gasteiger partial charge in [0.1, 0.15) is 0 Å². The van der Waals surface area contributed by atoms with Gasteiger partial charge in [0, 0.05) is 70.8 Å². The molecule has 140 valence electrons. The van der Waals surface area contributed by atoms with E-state index in [4.69, 9.17) is 0 Å². The SMILES string of the molecule is CN1CCN(C2CNCCC2CN2CCC(n3cccn3)CC2)CC1. The van der Waals surface area contributed by atoms with Crippen molar-refractivity contribution >= 4 is 0 Å². The lowest BCUT2D eigenvalue weighted by Gasteiger charge is -2.45. The quantitative estimate of drug-likeness (QED) is 0.871. The molecule has 4 heterocycles. The predicted molar refractivity (Wildman–Crippen MR) is 101 cm³/mol. The molecule has 0 radical (unpaired) electrons. The van der Waals surface area contributed by atoms with Crippen LogP contribution < -0.4 is 5.32 Å². The first kappa shape index (κ1) is 17.5. The van der Waals surface area contributed by atoms with Gasteiger partial charge in [-0.1, -0.05) is 0 Å². The zero-order chi connectivity index (χ0) is 17.1. The van der Waals surface area contributed by atoms with Gasteiger partial charge in [-0.05, 0) is 44.8 Å². The summed E-state index contributed by atoms with van der Waals surface area (Å²) in [6, 6.07) is 3.38. The van der Waals surface area contributed by atoms with Gasteiger partial charge in [-0.3, -0.25) is 9.58 Å². The van der Waals surface area contributed by atoms with Crippen molar-refractivity contribution in [2.45, 2.75) is 31.3 Å². The molecule has 6 nitrogen and oxygen atoms in total. The molecule has 0 amide bonds. The van der Waals surface area contributed by atoms with Crippen LogP contribution in [0.1, 0.15) is 25.3 Å². The van der Waals surface area contributed by atoms with Crippen LogP contribution in [0.25, 0.3) is 0 Å². The third-order valence-corrected chi connectivity index (χ3v) is 6.55. The van der Waals surface area contributed by atoms with Crippen molar-refractivity contribution in [2.24, 2.45) is 5.92 Å². The largest absolute Gasteiger partial charge is 0.315 e. The predicted octanol–water partition coefficient (Wildman–Crippen LogP) is 0.746. The van der Waals surface area contributed by atoms with E-state index in [0.717, 1.165) is 12.0 Å². The van der Waals surface area contributed by atoms with Gasteiger partial charge in [0.2, 0.25) is 0 Å². The van der Waals surface area contributed by atoms with Crippen molar-refractivity contribution < 1.29 is 0 Å². The molecule has 0 spiro atoms. The second-order valence-electron chi connectivity index (χ2n) is 8.18. The smallest absolute Gasteiger partial charge is 0.0543 e. The molecule has 1 aromatic rings. The average Bonchev–Trinajstić information content (AvgIpc) is 3.18. The third-order valence-electron chi connectivity index (χ3n) is 6.55. The molecule has 2 unspecified atom stereocenters. The zero-order valence-electron chi connectivity index (χ0n) is 15.7. The van der Waals surface area contributed by atoms with E-state index in [9.17, 15) is 0 Å². The normalized spacial score (nSPS) is 31.4. The number of likely N-dealkylation sites (tertiary alicyclic amines) is 1. The van der Waals surface area contributed by atoms with Crippen LogP contribution >= 0.6 is 0 Å². The van der Waals surface area contributed by atoms with Crippen LogP contribution in [-0.4, -0.2) is 96.5 Å². The number of piperidine rings is 2. The molecule has 3 aliphatic rings. The number of nitrogens with zero attached hydrogens (tertiary/aromatic N) is 5. The van der Waals surface area contributed by atoms with Crippen molar-refractivity contribution in [3.8, 4) is 0 Å². The number of piperazine rings is 1. The van der Waals surface area contributed by atoms with Crippen molar-refractivity contribution in [3.05, 3.63) is 18.5 Å². The molecule has 3 fully saturated rings. The fraction of sp³-hybridized carbons (Fsp3) is 0.842. The standard InChI is InChI=1S/C19H34N6/c1-22-11-13-24(14-12-22)19-15-20-7-3-17(19)16-23-9-4-18(5-10-23)25-8-2-6-21-25/h2,6,8,17-20H,3-5,7,9-16H2,1H3. The molecule has 1 N–H and O–H groups in total. The molecule has 0 saturated carbocycles. The highest BCUT2D eigenvalue weighted by molar-refractivity contribution is 4.91. The summed E-state index contributed by atoms with van der Waals surface area (Å²) in [6.45, 7) is 11.0. The molecule has 6 heteroatoms. The maximum Gasteiger partial charge on any atom is 0.0543 e. The van der Waals surface area contributed by atoms with Crippen molar-refractivity contribution in [1.29, 1.82) is 0 Å². The van der Waals surface area contributed by atoms with Crippen LogP contribution in [0, 0.1) is 5.92 Å². The van der Waals surface area contributed by atoms with E-state index in [1.165, 1.54) is 78.2 Å². The Hall–Kier alpha value is -0.950. The Morgan fingerprint density at radius 1 is 1.04 bits per heavy atom. The van der Waals surface area contributed by atoms with Gasteiger partial charge in [-0.25, -0.2) is 0 Å². The van der Waals surface area contributed by atoms with Crippen LogP contribution in [0.2, 0.25) is 0 Å². The Labute approximate surface area is 152 Å². The van der Waals surface area contributed by atoms with Crippen LogP contribution in [0.4, 0.5) is 0 Å². The van der Waals surface area contributed by atoms with E-state index in [1.807, 2.05) is 12.3 Å². The highest BCUT2D eigenvalue weighted by atomic mass is 15.3. The Bertz CT molecular complexity index is 502. The molecule has 0 aromatic carbocycles. The summed E-state index contributed by atoms with van der Waals surface area (Å²) in [5.74, 6) is 0.825. The Morgan fingerprint density at radius 3 is 2.56 bits per heavy atom. The molecule has 0 bridgehead atoms. The summed E-state index contributed by atoms with van der Waals surface area (Å²) >= 11 is 0. The summed E-state index contributed by atoms with van der Waals surface area (Å²) < 4.78 is 2.16. The van der Waals surface area contributed by atoms with Gasteiger partial charge in [0.25, 0.3) is 0 Å². The van der Waals surface area contributed by atoms with Gasteiger partial charge < -0.3 is 15.1 Å². The molecular weight excluding hydrogens is 312 g/mol. The third kappa shape index (κ3) is 4.25. The Balaban J connectivity index is 1.30. The highest BCUT2D eigenvalue weighted by Crippen LogP contribution is 2.25. The first-order valence-corrected chi connectivity index (χ1v) is 10.1. The first-order chi connectivity index (χ1) is 12.3. The fourth-order valence-corrected chi connectivity index (χ4v) is 4.88. The molecule has 2 atom stereocenters. The zero-order valence-corrected chi connectivity index (χ0v) is 15.7. The van der Waals surface area contributed by atoms with Gasteiger partial charge in [-0.15, -0.1) is 0 Å². The van der Waals surface area contributed by atoms with E-state index >= 15 is 0 Å². The Morgan fingerprint density at radius 2 is 1.84 bits per heavy atom. The van der Waals surface area contributed by atoms with Gasteiger partial charge in [-0.2, -0.15) is 5.10 Å². The van der Waals surface area contributed by atoms with E-state index in [0.29, 0.717) is 6.04 Å². The molecule has 0 aliphatic carbocycles. The molecule has 25 heavy (non-hydrogen) atoms. The lowest BCUT2D eigenvalue weighted by Crippen LogP contribution is -2.58. The van der Waals surface area contributed by atoms with Gasteiger partial charge in [0.05, 0.1) is 6.04 Å². The van der Waals surface area contributed by atoms with E-state index in [2.05, 4.69) is 43.0 Å². The summed E-state index contributed by atoms with van der Waals surface area (Å²) in [4.78, 5) is 7.94. The summed E-state index contributed by atoms with van der Waals surface area (Å²) in [5.41, 5.74) is 0. The number of rotatable bonds is 4. The van der Waals surface area contributed by atoms with Crippen LogP contribution in [0.15, 0.2) is 18.5 Å². The average molecular weight is 347 g/mol. The molecular formula is C19H34N6. The molecule has 1 aromatic heterocycles. The lowest BCUT2D eigenvalue weighted by atomic mass is 9.89. The van der Waals surface area contributed by atoms with Crippen LogP contribution in [0.3, 0.4) is 0 Å². The van der Waals surface area contributed by atoms with Crippen LogP contribution in [0.5, 0.6) is 0 Å². The van der Waals surface area contributed by atoms with E-state index < -0.39 is 0 Å². The summed E-state index contributed by atoms with van der Waals surface area (Å²) in [7, 11) is 2.25. The first-order valence-electron chi connectivity index (χ1n) is 10.1. The minimum Gasteiger partial charge on any atom is -0.315 e. The molecule has 3 saturated heterocycles. The van der Waals surface area contributed by atoms with E-state index in [-0.39, 0.29) is 0 Å². The second kappa shape index (κ2) is 8.16. The van der Waals surface area contributed by atoms with Crippen molar-refractivity contribution in [3.63, 3.8) is 0 Å². The maximum atomic E-state index is 4.44. The topological polar surface area (TPSA) is 39.6 Å². The highest BCUT2D eigenvalue weighted by Gasteiger charge is 2.33. The maximum absolute atomic E-state index is 4.44. The van der Waals surface area contributed by atoms with Gasteiger partial charge in [0.15, 0.2) is 0 Å². The summed E-state index contributed by atoms with van der Waals surface area (Å²) in [5, 5.41) is 8.09. The van der Waals surface area contributed by atoms with Crippen LogP contribution in [-0.2, 0) is 0 Å². The minimum absolute atomic E-state index is 0.604. The van der Waals surface area contributed by atoms with Crippen molar-refractivity contribution in [2.75, 3.05) is 66.0 Å². The molecule has 4 rings (SSSR count). The number of likely N-dealkylation sites (N-methyl/N-ethyl adjacent to an activating group) is 1. The monoisotopic (exact) mass is 346 g/mol. The summed E-state index contributed by atoms with van der Waals surface area (Å²) in [6.07, 6.45) is 7.84. The number of nitrogens with one attached hydrogen (secondary N) is 1. The van der Waals surface area contributed by atoms with Crippen molar-refractivity contribution in [1.82, 2.24) is 29.8 Å². The number of hydrogen-bond acceptors (Lipinski definition) is 5. The lowest BCUT2D eigenvalue weighted by molar-refractivity contribution is 0.0442. The van der Waals surface area contributed by atoms with E-state index in [1.54, 1.807) is 0 Å². The minimum atomic E-state index is 0.604.